The van der Waals surface area contributed by atoms with Crippen molar-refractivity contribution in [1.29, 1.82) is 0 Å². The second kappa shape index (κ2) is 6.15. The molecule has 0 aliphatic heterocycles. The minimum atomic E-state index is -0.785. The van der Waals surface area contributed by atoms with E-state index >= 15 is 0 Å². The Bertz CT molecular complexity index is 668. The van der Waals surface area contributed by atoms with Gasteiger partial charge in [-0.3, -0.25) is 14.9 Å². The molecule has 1 atom stereocenters. The molecule has 0 aliphatic carbocycles. The summed E-state index contributed by atoms with van der Waals surface area (Å²) < 4.78 is 0. The predicted octanol–water partition coefficient (Wildman–Crippen LogP) is 2.14. The molecule has 0 radical (unpaired) electrons. The Morgan fingerprint density at radius 3 is 2.33 bits per heavy atom. The van der Waals surface area contributed by atoms with Crippen LogP contribution in [0.15, 0.2) is 48.5 Å². The van der Waals surface area contributed by atoms with Crippen LogP contribution in [0.2, 0.25) is 0 Å². The van der Waals surface area contributed by atoms with Crippen LogP contribution < -0.4 is 5.73 Å². The molecule has 6 heteroatoms. The molecule has 2 aromatic rings. The number of Topliss-reactive ketones (excluding diaryl/α,β-unsaturated/α-hetero) is 1. The van der Waals surface area contributed by atoms with Gasteiger partial charge in [-0.25, -0.2) is 0 Å². The van der Waals surface area contributed by atoms with Crippen molar-refractivity contribution in [2.45, 2.75) is 5.92 Å². The Balaban J connectivity index is 2.32. The molecule has 0 aromatic heterocycles. The molecule has 0 spiro atoms. The van der Waals surface area contributed by atoms with Crippen LogP contribution in [-0.2, 0) is 0 Å². The number of aliphatic hydroxyl groups excluding tert-OH is 1. The van der Waals surface area contributed by atoms with E-state index < -0.39 is 10.8 Å². The highest BCUT2D eigenvalue weighted by molar-refractivity contribution is 6.01. The molecule has 1 unspecified atom stereocenters. The molecular formula is C15H14N2O4. The smallest absolute Gasteiger partial charge is 0.269 e. The number of ketones is 1. The fourth-order valence-electron chi connectivity index (χ4n) is 2.10. The summed E-state index contributed by atoms with van der Waals surface area (Å²) in [5.41, 5.74) is 6.99. The van der Waals surface area contributed by atoms with Crippen molar-refractivity contribution in [2.75, 3.05) is 12.3 Å². The van der Waals surface area contributed by atoms with Crippen molar-refractivity contribution in [3.8, 4) is 0 Å². The van der Waals surface area contributed by atoms with E-state index in [1.807, 2.05) is 0 Å². The number of non-ortho nitro benzene ring substituents is 1. The van der Waals surface area contributed by atoms with Crippen LogP contribution in [0.5, 0.6) is 0 Å². The molecule has 0 heterocycles. The molecule has 0 amide bonds. The Kier molecular flexibility index (Phi) is 4.30. The first-order valence-corrected chi connectivity index (χ1v) is 6.28. The number of carbonyl (C=O) groups is 1. The zero-order chi connectivity index (χ0) is 15.4. The van der Waals surface area contributed by atoms with Gasteiger partial charge in [-0.15, -0.1) is 0 Å². The monoisotopic (exact) mass is 286 g/mol. The van der Waals surface area contributed by atoms with Gasteiger partial charge in [0.2, 0.25) is 0 Å². The first kappa shape index (κ1) is 14.7. The van der Waals surface area contributed by atoms with E-state index in [1.54, 1.807) is 24.3 Å². The lowest BCUT2D eigenvalue weighted by Crippen LogP contribution is -2.18. The highest BCUT2D eigenvalue weighted by atomic mass is 16.6. The molecule has 0 saturated carbocycles. The average molecular weight is 286 g/mol. The molecule has 0 aliphatic rings. The maximum atomic E-state index is 12.4. The van der Waals surface area contributed by atoms with Crippen LogP contribution >= 0.6 is 0 Å². The van der Waals surface area contributed by atoms with E-state index in [9.17, 15) is 20.0 Å². The SMILES string of the molecule is Nc1ccccc1C(CO)C(=O)c1ccc([N+](=O)[O-])cc1. The predicted molar refractivity (Wildman–Crippen MR) is 78.1 cm³/mol. The third-order valence-corrected chi connectivity index (χ3v) is 3.23. The number of anilines is 1. The minimum Gasteiger partial charge on any atom is -0.398 e. The molecule has 0 fully saturated rings. The molecule has 21 heavy (non-hydrogen) atoms. The summed E-state index contributed by atoms with van der Waals surface area (Å²) in [6.45, 7) is -0.385. The summed E-state index contributed by atoms with van der Waals surface area (Å²) in [4.78, 5) is 22.5. The summed E-state index contributed by atoms with van der Waals surface area (Å²) in [6.07, 6.45) is 0. The van der Waals surface area contributed by atoms with Crippen LogP contribution in [0.1, 0.15) is 21.8 Å². The third kappa shape index (κ3) is 3.06. The van der Waals surface area contributed by atoms with Gasteiger partial charge in [0.05, 0.1) is 17.4 Å². The van der Waals surface area contributed by atoms with Crippen LogP contribution in [-0.4, -0.2) is 22.4 Å². The Morgan fingerprint density at radius 1 is 1.19 bits per heavy atom. The van der Waals surface area contributed by atoms with Crippen molar-refractivity contribution in [3.63, 3.8) is 0 Å². The normalized spacial score (nSPS) is 11.9. The largest absolute Gasteiger partial charge is 0.398 e. The average Bonchev–Trinajstić information content (AvgIpc) is 2.50. The number of nitrogens with two attached hydrogens (primary N) is 1. The van der Waals surface area contributed by atoms with E-state index in [4.69, 9.17) is 5.73 Å². The van der Waals surface area contributed by atoms with E-state index in [0.29, 0.717) is 16.8 Å². The number of aliphatic hydroxyl groups is 1. The van der Waals surface area contributed by atoms with Gasteiger partial charge in [-0.1, -0.05) is 18.2 Å². The molecule has 0 bridgehead atoms. The summed E-state index contributed by atoms with van der Waals surface area (Å²) in [6, 6.07) is 12.1. The Hall–Kier alpha value is -2.73. The number of rotatable bonds is 5. The summed E-state index contributed by atoms with van der Waals surface area (Å²) in [7, 11) is 0. The third-order valence-electron chi connectivity index (χ3n) is 3.23. The van der Waals surface area contributed by atoms with Gasteiger partial charge >= 0.3 is 0 Å². The van der Waals surface area contributed by atoms with Crippen molar-refractivity contribution in [3.05, 3.63) is 69.8 Å². The number of nitrogen functional groups attached to an aromatic ring is 1. The van der Waals surface area contributed by atoms with Crippen molar-refractivity contribution < 1.29 is 14.8 Å². The van der Waals surface area contributed by atoms with Crippen LogP contribution in [0.4, 0.5) is 11.4 Å². The van der Waals surface area contributed by atoms with E-state index in [-0.39, 0.29) is 18.1 Å². The molecule has 6 nitrogen and oxygen atoms in total. The maximum Gasteiger partial charge on any atom is 0.269 e. The number of para-hydroxylation sites is 1. The van der Waals surface area contributed by atoms with Crippen LogP contribution in [0, 0.1) is 10.1 Å². The van der Waals surface area contributed by atoms with Crippen molar-refractivity contribution >= 4 is 17.2 Å². The lowest BCUT2D eigenvalue weighted by Gasteiger charge is -2.15. The van der Waals surface area contributed by atoms with Gasteiger partial charge in [0.1, 0.15) is 0 Å². The second-order valence-corrected chi connectivity index (χ2v) is 4.53. The summed E-state index contributed by atoms with van der Waals surface area (Å²) in [5, 5.41) is 20.1. The standard InChI is InChI=1S/C15H14N2O4/c16-14-4-2-1-3-12(14)13(9-18)15(19)10-5-7-11(8-6-10)17(20)21/h1-8,13,18H,9,16H2. The molecule has 2 rings (SSSR count). The molecule has 108 valence electrons. The quantitative estimate of drug-likeness (QED) is 0.379. The number of nitro benzene ring substituents is 1. The topological polar surface area (TPSA) is 106 Å². The zero-order valence-corrected chi connectivity index (χ0v) is 11.1. The van der Waals surface area contributed by atoms with Gasteiger partial charge in [0.15, 0.2) is 5.78 Å². The van der Waals surface area contributed by atoms with Gasteiger partial charge in [-0.05, 0) is 23.8 Å². The lowest BCUT2D eigenvalue weighted by molar-refractivity contribution is -0.384. The lowest BCUT2D eigenvalue weighted by atomic mass is 9.90. The number of carbonyl (C=O) groups excluding carboxylic acids is 1. The summed E-state index contributed by atoms with van der Waals surface area (Å²) >= 11 is 0. The maximum absolute atomic E-state index is 12.4. The molecule has 2 aromatic carbocycles. The van der Waals surface area contributed by atoms with E-state index in [0.717, 1.165) is 0 Å². The van der Waals surface area contributed by atoms with Crippen LogP contribution in [0.3, 0.4) is 0 Å². The van der Waals surface area contributed by atoms with Crippen molar-refractivity contribution in [1.82, 2.24) is 0 Å². The van der Waals surface area contributed by atoms with E-state index in [2.05, 4.69) is 0 Å². The Morgan fingerprint density at radius 2 is 1.81 bits per heavy atom. The molecule has 0 saturated heterocycles. The van der Waals surface area contributed by atoms with E-state index in [1.165, 1.54) is 24.3 Å². The van der Waals surface area contributed by atoms with Gasteiger partial charge < -0.3 is 10.8 Å². The first-order valence-electron chi connectivity index (χ1n) is 6.28. The summed E-state index contributed by atoms with van der Waals surface area (Å²) in [5.74, 6) is -1.11. The van der Waals surface area contributed by atoms with Gasteiger partial charge in [0, 0.05) is 23.4 Å². The van der Waals surface area contributed by atoms with Gasteiger partial charge in [-0.2, -0.15) is 0 Å². The number of hydrogen-bond donors (Lipinski definition) is 2. The highest BCUT2D eigenvalue weighted by Gasteiger charge is 2.23. The number of nitro groups is 1. The number of benzene rings is 2. The molecule has 3 N–H and O–H groups in total. The second-order valence-electron chi connectivity index (χ2n) is 4.53. The minimum absolute atomic E-state index is 0.0914. The number of nitrogens with zero attached hydrogens (tertiary/aromatic N) is 1. The fourth-order valence-corrected chi connectivity index (χ4v) is 2.10. The fraction of sp³-hybridized carbons (Fsp3) is 0.133. The molecular weight excluding hydrogens is 272 g/mol. The number of hydrogen-bond acceptors (Lipinski definition) is 5. The van der Waals surface area contributed by atoms with Crippen molar-refractivity contribution in [2.24, 2.45) is 0 Å². The highest BCUT2D eigenvalue weighted by Crippen LogP contribution is 2.26. The van der Waals surface area contributed by atoms with Gasteiger partial charge in [0.25, 0.3) is 5.69 Å². The Labute approximate surface area is 121 Å². The van der Waals surface area contributed by atoms with Crippen LogP contribution in [0.25, 0.3) is 0 Å². The first-order chi connectivity index (χ1) is 10.0. The zero-order valence-electron chi connectivity index (χ0n) is 11.1.